The molecular formula is C14H20N4. The molecule has 18 heavy (non-hydrogen) atoms. The van der Waals surface area contributed by atoms with Gasteiger partial charge in [0.15, 0.2) is 0 Å². The lowest BCUT2D eigenvalue weighted by atomic mass is 9.83. The maximum atomic E-state index is 6.15. The molecule has 2 N–H and O–H groups in total. The van der Waals surface area contributed by atoms with Gasteiger partial charge in [-0.3, -0.25) is 9.67 Å². The highest BCUT2D eigenvalue weighted by atomic mass is 15.3. The van der Waals surface area contributed by atoms with Crippen LogP contribution in [-0.4, -0.2) is 14.8 Å². The van der Waals surface area contributed by atoms with Crippen molar-refractivity contribution in [2.24, 2.45) is 7.05 Å². The first kappa shape index (κ1) is 12.6. The van der Waals surface area contributed by atoms with E-state index in [1.165, 1.54) is 0 Å². The molecule has 0 bridgehead atoms. The quantitative estimate of drug-likeness (QED) is 0.903. The molecule has 0 aromatic carbocycles. The van der Waals surface area contributed by atoms with E-state index in [0.29, 0.717) is 5.82 Å². The van der Waals surface area contributed by atoms with Gasteiger partial charge >= 0.3 is 0 Å². The first-order chi connectivity index (χ1) is 8.47. The second kappa shape index (κ2) is 4.44. The van der Waals surface area contributed by atoms with Gasteiger partial charge < -0.3 is 5.73 Å². The zero-order chi connectivity index (χ0) is 13.3. The number of hydrogen-bond acceptors (Lipinski definition) is 3. The number of nitrogens with two attached hydrogens (primary N) is 1. The first-order valence-corrected chi connectivity index (χ1v) is 6.21. The van der Waals surface area contributed by atoms with Crippen LogP contribution in [0.2, 0.25) is 0 Å². The lowest BCUT2D eigenvalue weighted by Gasteiger charge is -2.21. The number of anilines is 1. The summed E-state index contributed by atoms with van der Waals surface area (Å²) >= 11 is 0. The molecule has 2 aromatic heterocycles. The third kappa shape index (κ3) is 1.98. The summed E-state index contributed by atoms with van der Waals surface area (Å²) in [5, 5.41) is 4.58. The summed E-state index contributed by atoms with van der Waals surface area (Å²) in [7, 11) is 1.87. The van der Waals surface area contributed by atoms with Crippen molar-refractivity contribution in [1.29, 1.82) is 0 Å². The van der Waals surface area contributed by atoms with Gasteiger partial charge in [-0.2, -0.15) is 5.10 Å². The molecule has 2 aromatic rings. The second-order valence-corrected chi connectivity index (χ2v) is 5.18. The van der Waals surface area contributed by atoms with E-state index in [2.05, 4.69) is 30.9 Å². The van der Waals surface area contributed by atoms with E-state index in [0.717, 1.165) is 23.4 Å². The summed E-state index contributed by atoms with van der Waals surface area (Å²) < 4.78 is 1.73. The normalized spacial score (nSPS) is 11.8. The summed E-state index contributed by atoms with van der Waals surface area (Å²) in [5.74, 6) is 0.672. The van der Waals surface area contributed by atoms with E-state index in [4.69, 9.17) is 5.73 Å². The number of rotatable bonds is 3. The molecule has 4 nitrogen and oxygen atoms in total. The third-order valence-corrected chi connectivity index (χ3v) is 3.54. The van der Waals surface area contributed by atoms with E-state index in [1.807, 2.05) is 25.2 Å². The number of aryl methyl sites for hydroxylation is 1. The van der Waals surface area contributed by atoms with E-state index in [-0.39, 0.29) is 5.41 Å². The molecule has 0 aliphatic rings. The van der Waals surface area contributed by atoms with Gasteiger partial charge in [0.25, 0.3) is 0 Å². The summed E-state index contributed by atoms with van der Waals surface area (Å²) in [5.41, 5.74) is 9.00. The number of hydrogen-bond donors (Lipinski definition) is 1. The Bertz CT molecular complexity index is 540. The Morgan fingerprint density at radius 3 is 2.61 bits per heavy atom. The minimum atomic E-state index is -0.0117. The molecule has 2 heterocycles. The van der Waals surface area contributed by atoms with Crippen molar-refractivity contribution in [3.8, 4) is 11.3 Å². The van der Waals surface area contributed by atoms with Crippen LogP contribution in [0.3, 0.4) is 0 Å². The van der Waals surface area contributed by atoms with Crippen LogP contribution in [-0.2, 0) is 12.5 Å². The van der Waals surface area contributed by atoms with Gasteiger partial charge in [-0.1, -0.05) is 26.8 Å². The molecule has 2 rings (SSSR count). The lowest BCUT2D eigenvalue weighted by molar-refractivity contribution is 0.483. The summed E-state index contributed by atoms with van der Waals surface area (Å²) in [4.78, 5) is 4.40. The Hall–Kier alpha value is -1.84. The van der Waals surface area contributed by atoms with Gasteiger partial charge in [0.2, 0.25) is 0 Å². The zero-order valence-corrected chi connectivity index (χ0v) is 11.4. The van der Waals surface area contributed by atoms with Crippen molar-refractivity contribution < 1.29 is 0 Å². The fourth-order valence-corrected chi connectivity index (χ4v) is 1.94. The molecule has 0 atom stereocenters. The third-order valence-electron chi connectivity index (χ3n) is 3.54. The predicted molar refractivity (Wildman–Crippen MR) is 74.2 cm³/mol. The maximum Gasteiger partial charge on any atom is 0.131 e. The van der Waals surface area contributed by atoms with Crippen LogP contribution in [0.5, 0.6) is 0 Å². The van der Waals surface area contributed by atoms with Crippen LogP contribution in [0.1, 0.15) is 32.9 Å². The molecule has 0 saturated heterocycles. The van der Waals surface area contributed by atoms with Gasteiger partial charge in [0.05, 0.1) is 17.0 Å². The average molecular weight is 244 g/mol. The standard InChI is InChI=1S/C14H20N4/c1-5-14(2,3)12-11(13(15)18(4)17-12)10-8-6-7-9-16-10/h6-9H,5,15H2,1-4H3. The fourth-order valence-electron chi connectivity index (χ4n) is 1.94. The van der Waals surface area contributed by atoms with Crippen molar-refractivity contribution in [2.75, 3.05) is 5.73 Å². The molecule has 4 heteroatoms. The van der Waals surface area contributed by atoms with E-state index >= 15 is 0 Å². The Morgan fingerprint density at radius 2 is 2.06 bits per heavy atom. The van der Waals surface area contributed by atoms with Crippen LogP contribution in [0.25, 0.3) is 11.3 Å². The fraction of sp³-hybridized carbons (Fsp3) is 0.429. The Kier molecular flexibility index (Phi) is 3.11. The van der Waals surface area contributed by atoms with Crippen molar-refractivity contribution in [3.05, 3.63) is 30.1 Å². The molecule has 0 aliphatic heterocycles. The highest BCUT2D eigenvalue weighted by Gasteiger charge is 2.28. The number of nitrogen functional groups attached to an aromatic ring is 1. The SMILES string of the molecule is CCC(C)(C)c1nn(C)c(N)c1-c1ccccn1. The molecular weight excluding hydrogens is 224 g/mol. The molecule has 0 aliphatic carbocycles. The predicted octanol–water partition coefficient (Wildman–Crippen LogP) is 2.75. The van der Waals surface area contributed by atoms with Crippen molar-refractivity contribution in [2.45, 2.75) is 32.6 Å². The summed E-state index contributed by atoms with van der Waals surface area (Å²) in [6.45, 7) is 6.52. The number of aromatic nitrogens is 3. The van der Waals surface area contributed by atoms with E-state index in [9.17, 15) is 0 Å². The molecule has 0 fully saturated rings. The highest BCUT2D eigenvalue weighted by molar-refractivity contribution is 5.74. The van der Waals surface area contributed by atoms with E-state index in [1.54, 1.807) is 10.9 Å². The topological polar surface area (TPSA) is 56.7 Å². The van der Waals surface area contributed by atoms with Crippen LogP contribution in [0.15, 0.2) is 24.4 Å². The Balaban J connectivity index is 2.67. The molecule has 0 spiro atoms. The van der Waals surface area contributed by atoms with Crippen LogP contribution in [0, 0.1) is 0 Å². The van der Waals surface area contributed by atoms with Gasteiger partial charge in [0.1, 0.15) is 5.82 Å². The Labute approximate surface area is 108 Å². The molecule has 0 saturated carbocycles. The largest absolute Gasteiger partial charge is 0.383 e. The highest BCUT2D eigenvalue weighted by Crippen LogP contribution is 2.36. The van der Waals surface area contributed by atoms with Gasteiger partial charge in [-0.05, 0) is 18.6 Å². The van der Waals surface area contributed by atoms with Gasteiger partial charge in [-0.15, -0.1) is 0 Å². The smallest absolute Gasteiger partial charge is 0.131 e. The zero-order valence-electron chi connectivity index (χ0n) is 11.4. The monoisotopic (exact) mass is 244 g/mol. The van der Waals surface area contributed by atoms with Crippen molar-refractivity contribution in [3.63, 3.8) is 0 Å². The van der Waals surface area contributed by atoms with Gasteiger partial charge in [0, 0.05) is 18.7 Å². The average Bonchev–Trinajstić information content (AvgIpc) is 2.68. The molecule has 96 valence electrons. The minimum absolute atomic E-state index is 0.0117. The van der Waals surface area contributed by atoms with Crippen molar-refractivity contribution in [1.82, 2.24) is 14.8 Å². The summed E-state index contributed by atoms with van der Waals surface area (Å²) in [6.07, 6.45) is 2.79. The lowest BCUT2D eigenvalue weighted by Crippen LogP contribution is -2.17. The molecule has 0 unspecified atom stereocenters. The maximum absolute atomic E-state index is 6.15. The molecule has 0 radical (unpaired) electrons. The summed E-state index contributed by atoms with van der Waals surface area (Å²) in [6, 6.07) is 5.85. The second-order valence-electron chi connectivity index (χ2n) is 5.18. The first-order valence-electron chi connectivity index (χ1n) is 6.21. The van der Waals surface area contributed by atoms with Crippen LogP contribution >= 0.6 is 0 Å². The van der Waals surface area contributed by atoms with E-state index < -0.39 is 0 Å². The molecule has 0 amide bonds. The van der Waals surface area contributed by atoms with Gasteiger partial charge in [-0.25, -0.2) is 0 Å². The Morgan fingerprint density at radius 1 is 1.33 bits per heavy atom. The minimum Gasteiger partial charge on any atom is -0.383 e. The number of pyridine rings is 1. The van der Waals surface area contributed by atoms with Crippen molar-refractivity contribution >= 4 is 5.82 Å². The number of nitrogens with zero attached hydrogens (tertiary/aromatic N) is 3. The van der Waals surface area contributed by atoms with Crippen LogP contribution < -0.4 is 5.73 Å². The van der Waals surface area contributed by atoms with Crippen LogP contribution in [0.4, 0.5) is 5.82 Å².